The molecule has 0 radical (unpaired) electrons. The number of ether oxygens (including phenoxy) is 2. The number of rotatable bonds is 3. The van der Waals surface area contributed by atoms with Gasteiger partial charge in [0, 0.05) is 12.5 Å². The van der Waals surface area contributed by atoms with Crippen LogP contribution in [0.4, 0.5) is 0 Å². The van der Waals surface area contributed by atoms with Crippen molar-refractivity contribution in [1.82, 2.24) is 0 Å². The molecule has 0 amide bonds. The molecule has 0 bridgehead atoms. The van der Waals surface area contributed by atoms with Crippen molar-refractivity contribution in [2.24, 2.45) is 5.41 Å². The van der Waals surface area contributed by atoms with Crippen molar-refractivity contribution in [2.75, 3.05) is 20.3 Å². The molecule has 3 nitrogen and oxygen atoms in total. The number of aliphatic hydroxyl groups excluding tert-OH is 1. The molecule has 2 atom stereocenters. The third-order valence-electron chi connectivity index (χ3n) is 2.74. The van der Waals surface area contributed by atoms with Crippen LogP contribution in [0.5, 0.6) is 0 Å². The van der Waals surface area contributed by atoms with Gasteiger partial charge >= 0.3 is 0 Å². The van der Waals surface area contributed by atoms with Gasteiger partial charge in [-0.05, 0) is 12.8 Å². The number of aliphatic hydroxyl groups is 1. The van der Waals surface area contributed by atoms with Crippen molar-refractivity contribution in [3.05, 3.63) is 0 Å². The topological polar surface area (TPSA) is 42.0 Å². The molecular formula is C8H14O3. The molecule has 1 N–H and O–H groups in total. The number of hydrogen-bond acceptors (Lipinski definition) is 3. The molecule has 2 aliphatic rings. The maximum Gasteiger partial charge on any atom is 0.0849 e. The fourth-order valence-corrected chi connectivity index (χ4v) is 2.07. The van der Waals surface area contributed by atoms with Crippen molar-refractivity contribution in [3.8, 4) is 0 Å². The van der Waals surface area contributed by atoms with E-state index in [2.05, 4.69) is 0 Å². The van der Waals surface area contributed by atoms with Crippen LogP contribution < -0.4 is 0 Å². The fraction of sp³-hybridized carbons (Fsp3) is 1.00. The van der Waals surface area contributed by atoms with Crippen LogP contribution in [0.1, 0.15) is 12.8 Å². The summed E-state index contributed by atoms with van der Waals surface area (Å²) in [5.74, 6) is 0. The fourth-order valence-electron chi connectivity index (χ4n) is 2.07. The van der Waals surface area contributed by atoms with Gasteiger partial charge in [-0.15, -0.1) is 0 Å². The minimum atomic E-state index is 0.0162. The molecule has 2 unspecified atom stereocenters. The van der Waals surface area contributed by atoms with Crippen molar-refractivity contribution in [2.45, 2.75) is 25.0 Å². The minimum absolute atomic E-state index is 0.0162. The van der Waals surface area contributed by atoms with E-state index in [9.17, 15) is 0 Å². The summed E-state index contributed by atoms with van der Waals surface area (Å²) in [6.45, 7) is 0.900. The molecule has 1 aliphatic heterocycles. The number of fused-ring (bicyclic) bond motifs is 1. The van der Waals surface area contributed by atoms with Gasteiger partial charge in [0.05, 0.1) is 25.4 Å². The van der Waals surface area contributed by atoms with Crippen molar-refractivity contribution >= 4 is 0 Å². The normalized spacial score (nSPS) is 47.5. The zero-order valence-corrected chi connectivity index (χ0v) is 6.75. The Hall–Kier alpha value is -0.120. The second-order valence-corrected chi connectivity index (χ2v) is 3.71. The van der Waals surface area contributed by atoms with Gasteiger partial charge in [-0.1, -0.05) is 0 Å². The van der Waals surface area contributed by atoms with E-state index in [1.54, 1.807) is 7.11 Å². The molecule has 0 aromatic heterocycles. The first-order valence-electron chi connectivity index (χ1n) is 4.05. The molecule has 1 saturated carbocycles. The van der Waals surface area contributed by atoms with Crippen LogP contribution in [0.3, 0.4) is 0 Å². The summed E-state index contributed by atoms with van der Waals surface area (Å²) in [6.07, 6.45) is 2.80. The largest absolute Gasteiger partial charge is 0.396 e. The number of epoxide rings is 1. The maximum absolute atomic E-state index is 9.15. The van der Waals surface area contributed by atoms with Gasteiger partial charge in [0.15, 0.2) is 0 Å². The average molecular weight is 158 g/mol. The Balaban J connectivity index is 1.96. The van der Waals surface area contributed by atoms with Crippen LogP contribution in [-0.2, 0) is 9.47 Å². The van der Waals surface area contributed by atoms with Crippen LogP contribution in [0.2, 0.25) is 0 Å². The smallest absolute Gasteiger partial charge is 0.0849 e. The van der Waals surface area contributed by atoms with Gasteiger partial charge in [0.2, 0.25) is 0 Å². The van der Waals surface area contributed by atoms with E-state index in [0.29, 0.717) is 18.8 Å². The van der Waals surface area contributed by atoms with Gasteiger partial charge in [0.25, 0.3) is 0 Å². The molecule has 64 valence electrons. The quantitative estimate of drug-likeness (QED) is 0.595. The Bertz CT molecular complexity index is 147. The first-order chi connectivity index (χ1) is 5.29. The Labute approximate surface area is 66.3 Å². The van der Waals surface area contributed by atoms with E-state index in [0.717, 1.165) is 12.8 Å². The standard InChI is InChI=1S/C8H14O3/c1-10-5-8(4-9)2-6-7(3-8)11-6/h6-7,9H,2-5H2,1H3. The number of hydrogen-bond donors (Lipinski definition) is 1. The second kappa shape index (κ2) is 2.44. The van der Waals surface area contributed by atoms with Gasteiger partial charge < -0.3 is 14.6 Å². The molecule has 3 heteroatoms. The summed E-state index contributed by atoms with van der Waals surface area (Å²) in [5, 5.41) is 9.15. The molecule has 0 aromatic rings. The van der Waals surface area contributed by atoms with Gasteiger partial charge in [-0.2, -0.15) is 0 Å². The lowest BCUT2D eigenvalue weighted by Gasteiger charge is -2.26. The lowest BCUT2D eigenvalue weighted by atomic mass is 9.87. The van der Waals surface area contributed by atoms with Crippen molar-refractivity contribution < 1.29 is 14.6 Å². The van der Waals surface area contributed by atoms with Crippen molar-refractivity contribution in [1.29, 1.82) is 0 Å². The Morgan fingerprint density at radius 1 is 1.55 bits per heavy atom. The van der Waals surface area contributed by atoms with E-state index in [1.807, 2.05) is 0 Å². The van der Waals surface area contributed by atoms with Crippen LogP contribution >= 0.6 is 0 Å². The van der Waals surface area contributed by atoms with E-state index in [1.165, 1.54) is 0 Å². The molecule has 2 rings (SSSR count). The van der Waals surface area contributed by atoms with Crippen LogP contribution in [0.15, 0.2) is 0 Å². The predicted molar refractivity (Wildman–Crippen MR) is 39.3 cm³/mol. The van der Waals surface area contributed by atoms with Gasteiger partial charge in [-0.3, -0.25) is 0 Å². The first kappa shape index (κ1) is 7.53. The Morgan fingerprint density at radius 3 is 2.64 bits per heavy atom. The summed E-state index contributed by atoms with van der Waals surface area (Å²) in [4.78, 5) is 0. The number of methoxy groups -OCH3 is 1. The lowest BCUT2D eigenvalue weighted by molar-refractivity contribution is 0.00906. The highest BCUT2D eigenvalue weighted by Gasteiger charge is 2.55. The van der Waals surface area contributed by atoms with E-state index >= 15 is 0 Å². The summed E-state index contributed by atoms with van der Waals surface area (Å²) in [6, 6.07) is 0. The highest BCUT2D eigenvalue weighted by atomic mass is 16.6. The average Bonchev–Trinajstić information content (AvgIpc) is 2.61. The molecule has 1 aliphatic carbocycles. The summed E-state index contributed by atoms with van der Waals surface area (Å²) in [5.41, 5.74) is 0.0162. The predicted octanol–water partition coefficient (Wildman–Crippen LogP) is 0.173. The Morgan fingerprint density at radius 2 is 2.18 bits per heavy atom. The molecule has 1 saturated heterocycles. The van der Waals surface area contributed by atoms with Crippen LogP contribution in [0, 0.1) is 5.41 Å². The molecule has 0 aromatic carbocycles. The highest BCUT2D eigenvalue weighted by molar-refractivity contribution is 5.03. The van der Waals surface area contributed by atoms with Crippen molar-refractivity contribution in [3.63, 3.8) is 0 Å². The third-order valence-corrected chi connectivity index (χ3v) is 2.74. The first-order valence-corrected chi connectivity index (χ1v) is 4.05. The van der Waals surface area contributed by atoms with E-state index in [4.69, 9.17) is 14.6 Å². The SMILES string of the molecule is COCC1(CO)CC2OC2C1. The van der Waals surface area contributed by atoms with Crippen LogP contribution in [0.25, 0.3) is 0 Å². The van der Waals surface area contributed by atoms with Gasteiger partial charge in [0.1, 0.15) is 0 Å². The molecule has 0 spiro atoms. The van der Waals surface area contributed by atoms with Crippen LogP contribution in [-0.4, -0.2) is 37.6 Å². The summed E-state index contributed by atoms with van der Waals surface area (Å²) < 4.78 is 10.4. The molecular weight excluding hydrogens is 144 g/mol. The van der Waals surface area contributed by atoms with E-state index in [-0.39, 0.29) is 12.0 Å². The third kappa shape index (κ3) is 1.17. The van der Waals surface area contributed by atoms with Gasteiger partial charge in [-0.25, -0.2) is 0 Å². The Kier molecular flexibility index (Phi) is 1.67. The molecule has 2 fully saturated rings. The summed E-state index contributed by atoms with van der Waals surface area (Å²) >= 11 is 0. The van der Waals surface area contributed by atoms with E-state index < -0.39 is 0 Å². The lowest BCUT2D eigenvalue weighted by Crippen LogP contribution is -2.29. The molecule has 11 heavy (non-hydrogen) atoms. The summed E-state index contributed by atoms with van der Waals surface area (Å²) in [7, 11) is 1.68. The maximum atomic E-state index is 9.15. The highest BCUT2D eigenvalue weighted by Crippen LogP contribution is 2.49. The zero-order valence-electron chi connectivity index (χ0n) is 6.75. The zero-order chi connectivity index (χ0) is 7.90. The minimum Gasteiger partial charge on any atom is -0.396 e. The monoisotopic (exact) mass is 158 g/mol. The second-order valence-electron chi connectivity index (χ2n) is 3.71. The molecule has 1 heterocycles.